The van der Waals surface area contributed by atoms with Gasteiger partial charge in [0.15, 0.2) is 0 Å². The maximum absolute atomic E-state index is 12.9. The lowest BCUT2D eigenvalue weighted by Crippen LogP contribution is -2.51. The highest BCUT2D eigenvalue weighted by Crippen LogP contribution is 2.39. The molecule has 1 saturated heterocycles. The quantitative estimate of drug-likeness (QED) is 0.482. The molecule has 0 aromatic heterocycles. The monoisotopic (exact) mass is 366 g/mol. The second-order valence-electron chi connectivity index (χ2n) is 6.60. The summed E-state index contributed by atoms with van der Waals surface area (Å²) in [6.45, 7) is 3.86. The van der Waals surface area contributed by atoms with Crippen molar-refractivity contribution >= 4 is 5.91 Å². The summed E-state index contributed by atoms with van der Waals surface area (Å²) in [6.07, 6.45) is 1.80. The van der Waals surface area contributed by atoms with Crippen molar-refractivity contribution < 1.29 is 14.5 Å². The average Bonchev–Trinajstić information content (AvgIpc) is 2.70. The molecule has 4 unspecified atom stereocenters. The van der Waals surface area contributed by atoms with E-state index >= 15 is 0 Å². The fourth-order valence-electron chi connectivity index (χ4n) is 3.79. The van der Waals surface area contributed by atoms with E-state index in [2.05, 4.69) is 11.9 Å². The van der Waals surface area contributed by atoms with Crippen molar-refractivity contribution in [2.45, 2.75) is 24.4 Å². The SMILES string of the molecule is C=CC(c1ccccc1OC)C1CC([N+](=O)[O-])C(c2ccccc2)NC1=O. The van der Waals surface area contributed by atoms with Crippen molar-refractivity contribution in [1.82, 2.24) is 5.32 Å². The molecule has 6 nitrogen and oxygen atoms in total. The highest BCUT2D eigenvalue weighted by molar-refractivity contribution is 5.82. The highest BCUT2D eigenvalue weighted by atomic mass is 16.6. The van der Waals surface area contributed by atoms with Gasteiger partial charge in [-0.15, -0.1) is 6.58 Å². The number of nitrogens with one attached hydrogen (secondary N) is 1. The number of amides is 1. The molecule has 0 aliphatic carbocycles. The Morgan fingerprint density at radius 1 is 1.22 bits per heavy atom. The minimum Gasteiger partial charge on any atom is -0.496 e. The van der Waals surface area contributed by atoms with Gasteiger partial charge in [-0.2, -0.15) is 0 Å². The minimum atomic E-state index is -0.910. The molecule has 27 heavy (non-hydrogen) atoms. The van der Waals surface area contributed by atoms with Gasteiger partial charge in [0.05, 0.1) is 13.0 Å². The van der Waals surface area contributed by atoms with Crippen LogP contribution in [0.3, 0.4) is 0 Å². The van der Waals surface area contributed by atoms with E-state index in [0.29, 0.717) is 5.75 Å². The molecule has 0 bridgehead atoms. The molecule has 2 aromatic carbocycles. The van der Waals surface area contributed by atoms with Crippen LogP contribution in [-0.4, -0.2) is 24.0 Å². The van der Waals surface area contributed by atoms with Crippen LogP contribution in [0, 0.1) is 16.0 Å². The number of carbonyl (C=O) groups is 1. The Labute approximate surface area is 158 Å². The van der Waals surface area contributed by atoms with Gasteiger partial charge in [-0.25, -0.2) is 0 Å². The van der Waals surface area contributed by atoms with E-state index in [-0.39, 0.29) is 23.2 Å². The summed E-state index contributed by atoms with van der Waals surface area (Å²) in [5.41, 5.74) is 1.54. The molecule has 2 aromatic rings. The molecule has 3 rings (SSSR count). The number of benzene rings is 2. The van der Waals surface area contributed by atoms with Gasteiger partial charge in [-0.05, 0) is 11.6 Å². The molecule has 1 aliphatic rings. The van der Waals surface area contributed by atoms with Crippen molar-refractivity contribution in [3.63, 3.8) is 0 Å². The Hall–Kier alpha value is -3.15. The lowest BCUT2D eigenvalue weighted by Gasteiger charge is -2.35. The van der Waals surface area contributed by atoms with Crippen LogP contribution < -0.4 is 10.1 Å². The lowest BCUT2D eigenvalue weighted by atomic mass is 9.76. The maximum atomic E-state index is 12.9. The van der Waals surface area contributed by atoms with E-state index in [0.717, 1.165) is 11.1 Å². The van der Waals surface area contributed by atoms with E-state index in [1.165, 1.54) is 0 Å². The first kappa shape index (κ1) is 18.6. The Balaban J connectivity index is 1.94. The molecular formula is C21H22N2O4. The fourth-order valence-corrected chi connectivity index (χ4v) is 3.79. The Morgan fingerprint density at radius 3 is 2.52 bits per heavy atom. The lowest BCUT2D eigenvalue weighted by molar-refractivity contribution is -0.531. The normalized spacial score (nSPS) is 23.1. The number of nitro groups is 1. The molecule has 1 heterocycles. The number of hydrogen-bond donors (Lipinski definition) is 1. The van der Waals surface area contributed by atoms with E-state index < -0.39 is 18.0 Å². The van der Waals surface area contributed by atoms with Gasteiger partial charge >= 0.3 is 0 Å². The molecule has 1 aliphatic heterocycles. The zero-order chi connectivity index (χ0) is 19.4. The first-order valence-electron chi connectivity index (χ1n) is 8.81. The number of para-hydroxylation sites is 1. The maximum Gasteiger partial charge on any atom is 0.237 e. The molecule has 6 heteroatoms. The molecule has 1 fully saturated rings. The van der Waals surface area contributed by atoms with Crippen LogP contribution in [0.1, 0.15) is 29.5 Å². The van der Waals surface area contributed by atoms with Crippen LogP contribution in [0.25, 0.3) is 0 Å². The second-order valence-corrected chi connectivity index (χ2v) is 6.60. The van der Waals surface area contributed by atoms with Gasteiger partial charge < -0.3 is 10.1 Å². The predicted octanol–water partition coefficient (Wildman–Crippen LogP) is 3.49. The summed E-state index contributed by atoms with van der Waals surface area (Å²) in [6, 6.07) is 14.9. The zero-order valence-electron chi connectivity index (χ0n) is 15.1. The number of ether oxygens (including phenoxy) is 1. The summed E-state index contributed by atoms with van der Waals surface area (Å²) in [7, 11) is 1.56. The third kappa shape index (κ3) is 3.69. The standard InChI is InChI=1S/C21H22N2O4/c1-3-15(16-11-7-8-12-19(16)27-2)17-13-18(23(25)26)20(22-21(17)24)14-9-5-4-6-10-14/h3-12,15,17-18,20H,1,13H2,2H3,(H,22,24). The Kier molecular flexibility index (Phi) is 5.54. The molecule has 0 radical (unpaired) electrons. The first-order chi connectivity index (χ1) is 13.1. The third-order valence-corrected chi connectivity index (χ3v) is 5.13. The third-order valence-electron chi connectivity index (χ3n) is 5.13. The molecule has 4 atom stereocenters. The number of allylic oxidation sites excluding steroid dienone is 1. The molecule has 0 spiro atoms. The summed E-state index contributed by atoms with van der Waals surface area (Å²) in [4.78, 5) is 24.4. The summed E-state index contributed by atoms with van der Waals surface area (Å²) < 4.78 is 5.41. The number of piperidine rings is 1. The Bertz CT molecular complexity index is 837. The number of nitrogens with zero attached hydrogens (tertiary/aromatic N) is 1. The van der Waals surface area contributed by atoms with Crippen LogP contribution >= 0.6 is 0 Å². The highest BCUT2D eigenvalue weighted by Gasteiger charge is 2.46. The van der Waals surface area contributed by atoms with Gasteiger partial charge in [0, 0.05) is 22.8 Å². The van der Waals surface area contributed by atoms with Crippen molar-refractivity contribution in [2.75, 3.05) is 7.11 Å². The van der Waals surface area contributed by atoms with Gasteiger partial charge in [0.25, 0.3) is 0 Å². The average molecular weight is 366 g/mol. The second kappa shape index (κ2) is 8.03. The van der Waals surface area contributed by atoms with Gasteiger partial charge in [-0.1, -0.05) is 54.6 Å². The van der Waals surface area contributed by atoms with Crippen molar-refractivity contribution in [2.24, 2.45) is 5.92 Å². The smallest absolute Gasteiger partial charge is 0.237 e. The van der Waals surface area contributed by atoms with E-state index in [4.69, 9.17) is 4.74 Å². The van der Waals surface area contributed by atoms with Crippen molar-refractivity contribution in [3.8, 4) is 5.75 Å². The van der Waals surface area contributed by atoms with Crippen molar-refractivity contribution in [3.05, 3.63) is 88.5 Å². The van der Waals surface area contributed by atoms with Crippen LogP contribution in [0.2, 0.25) is 0 Å². The molecule has 0 saturated carbocycles. The van der Waals surface area contributed by atoms with Crippen LogP contribution in [0.4, 0.5) is 0 Å². The van der Waals surface area contributed by atoms with E-state index in [9.17, 15) is 14.9 Å². The van der Waals surface area contributed by atoms with Crippen LogP contribution in [-0.2, 0) is 4.79 Å². The van der Waals surface area contributed by atoms with Crippen molar-refractivity contribution in [1.29, 1.82) is 0 Å². The first-order valence-corrected chi connectivity index (χ1v) is 8.81. The fraction of sp³-hybridized carbons (Fsp3) is 0.286. The topological polar surface area (TPSA) is 81.5 Å². The summed E-state index contributed by atoms with van der Waals surface area (Å²) >= 11 is 0. The molecule has 140 valence electrons. The van der Waals surface area contributed by atoms with Gasteiger partial charge in [0.2, 0.25) is 11.9 Å². The number of rotatable bonds is 6. The number of hydrogen-bond acceptors (Lipinski definition) is 4. The van der Waals surface area contributed by atoms with E-state index in [1.807, 2.05) is 42.5 Å². The molecular weight excluding hydrogens is 344 g/mol. The predicted molar refractivity (Wildman–Crippen MR) is 102 cm³/mol. The minimum absolute atomic E-state index is 0.132. The number of carbonyl (C=O) groups excluding carboxylic acids is 1. The molecule has 1 N–H and O–H groups in total. The number of methoxy groups -OCH3 is 1. The zero-order valence-corrected chi connectivity index (χ0v) is 15.1. The summed E-state index contributed by atoms with van der Waals surface area (Å²) in [5, 5.41) is 14.6. The largest absolute Gasteiger partial charge is 0.496 e. The molecule has 1 amide bonds. The van der Waals surface area contributed by atoms with Crippen LogP contribution in [0.15, 0.2) is 67.3 Å². The van der Waals surface area contributed by atoms with E-state index in [1.54, 1.807) is 25.3 Å². The summed E-state index contributed by atoms with van der Waals surface area (Å²) in [5.74, 6) is -0.537. The van der Waals surface area contributed by atoms with Gasteiger partial charge in [0.1, 0.15) is 11.8 Å². The Morgan fingerprint density at radius 2 is 1.89 bits per heavy atom. The van der Waals surface area contributed by atoms with Gasteiger partial charge in [-0.3, -0.25) is 14.9 Å². The van der Waals surface area contributed by atoms with Crippen LogP contribution in [0.5, 0.6) is 5.75 Å².